The number of hydrogen-bond acceptors (Lipinski definition) is 3. The Labute approximate surface area is 113 Å². The summed E-state index contributed by atoms with van der Waals surface area (Å²) in [7, 11) is 0. The SMILES string of the molecule is O=[N+]([O-])c1cccc(Cl)c1COc1ccc(F)cc1. The fourth-order valence-corrected chi connectivity index (χ4v) is 1.77. The molecular weight excluding hydrogens is 273 g/mol. The number of benzene rings is 2. The molecule has 0 amide bonds. The number of nitrogens with zero attached hydrogens (tertiary/aromatic N) is 1. The number of ether oxygens (including phenoxy) is 1. The van der Waals surface area contributed by atoms with Gasteiger partial charge in [0.05, 0.1) is 15.5 Å². The second kappa shape index (κ2) is 5.67. The molecule has 0 saturated heterocycles. The van der Waals surface area contributed by atoms with Gasteiger partial charge in [0.2, 0.25) is 0 Å². The van der Waals surface area contributed by atoms with Crippen LogP contribution < -0.4 is 4.74 Å². The summed E-state index contributed by atoms with van der Waals surface area (Å²) >= 11 is 5.92. The first kappa shape index (κ1) is 13.3. The summed E-state index contributed by atoms with van der Waals surface area (Å²) in [4.78, 5) is 10.4. The third-order valence-corrected chi connectivity index (χ3v) is 2.84. The normalized spacial score (nSPS) is 10.2. The quantitative estimate of drug-likeness (QED) is 0.629. The Morgan fingerprint density at radius 2 is 1.89 bits per heavy atom. The summed E-state index contributed by atoms with van der Waals surface area (Å²) in [6.45, 7) is -0.0539. The molecule has 0 aromatic heterocycles. The van der Waals surface area contributed by atoms with Crippen LogP contribution in [0.5, 0.6) is 5.75 Å². The molecule has 0 heterocycles. The zero-order chi connectivity index (χ0) is 13.8. The molecule has 0 unspecified atom stereocenters. The first-order valence-corrected chi connectivity index (χ1v) is 5.76. The van der Waals surface area contributed by atoms with Crippen LogP contribution in [0.15, 0.2) is 42.5 Å². The molecule has 4 nitrogen and oxygen atoms in total. The molecule has 0 fully saturated rings. The van der Waals surface area contributed by atoms with Crippen molar-refractivity contribution in [3.63, 3.8) is 0 Å². The van der Waals surface area contributed by atoms with Crippen molar-refractivity contribution < 1.29 is 14.1 Å². The highest BCUT2D eigenvalue weighted by molar-refractivity contribution is 6.31. The Kier molecular flexibility index (Phi) is 3.97. The van der Waals surface area contributed by atoms with Gasteiger partial charge in [-0.05, 0) is 30.3 Å². The molecule has 6 heteroatoms. The Balaban J connectivity index is 2.19. The van der Waals surface area contributed by atoms with Crippen molar-refractivity contribution in [2.24, 2.45) is 0 Å². The second-order valence-corrected chi connectivity index (χ2v) is 4.14. The maximum Gasteiger partial charge on any atom is 0.277 e. The molecule has 0 saturated carbocycles. The molecule has 2 aromatic rings. The van der Waals surface area contributed by atoms with E-state index >= 15 is 0 Å². The monoisotopic (exact) mass is 281 g/mol. The highest BCUT2D eigenvalue weighted by Gasteiger charge is 2.16. The van der Waals surface area contributed by atoms with Crippen molar-refractivity contribution in [1.29, 1.82) is 0 Å². The maximum absolute atomic E-state index is 12.7. The number of rotatable bonds is 4. The molecule has 0 aliphatic carbocycles. The second-order valence-electron chi connectivity index (χ2n) is 3.74. The molecule has 2 rings (SSSR count). The Hall–Kier alpha value is -2.14. The summed E-state index contributed by atoms with van der Waals surface area (Å²) < 4.78 is 18.1. The molecule has 0 aliphatic rings. The van der Waals surface area contributed by atoms with E-state index in [9.17, 15) is 14.5 Å². The summed E-state index contributed by atoms with van der Waals surface area (Å²) in [5.41, 5.74) is 0.188. The lowest BCUT2D eigenvalue weighted by atomic mass is 10.2. The summed E-state index contributed by atoms with van der Waals surface area (Å²) in [5.74, 6) is 0.0340. The summed E-state index contributed by atoms with van der Waals surface area (Å²) in [5, 5.41) is 11.1. The summed E-state index contributed by atoms with van der Waals surface area (Å²) in [6, 6.07) is 9.79. The largest absolute Gasteiger partial charge is 0.489 e. The zero-order valence-electron chi connectivity index (χ0n) is 9.68. The number of halogens is 2. The van der Waals surface area contributed by atoms with Crippen LogP contribution in [0.1, 0.15) is 5.56 Å². The lowest BCUT2D eigenvalue weighted by Crippen LogP contribution is -2.01. The van der Waals surface area contributed by atoms with Gasteiger partial charge < -0.3 is 4.74 Å². The van der Waals surface area contributed by atoms with Crippen molar-refractivity contribution in [3.8, 4) is 5.75 Å². The molecule has 19 heavy (non-hydrogen) atoms. The Bertz CT molecular complexity index is 601. The summed E-state index contributed by atoms with van der Waals surface area (Å²) in [6.07, 6.45) is 0. The van der Waals surface area contributed by atoms with E-state index in [0.717, 1.165) is 0 Å². The van der Waals surface area contributed by atoms with E-state index in [1.54, 1.807) is 6.07 Å². The van der Waals surface area contributed by atoms with E-state index in [1.807, 2.05) is 0 Å². The Morgan fingerprint density at radius 3 is 2.53 bits per heavy atom. The molecule has 98 valence electrons. The lowest BCUT2D eigenvalue weighted by Gasteiger charge is -2.08. The first-order valence-electron chi connectivity index (χ1n) is 5.38. The van der Waals surface area contributed by atoms with Crippen molar-refractivity contribution in [2.75, 3.05) is 0 Å². The van der Waals surface area contributed by atoms with Gasteiger partial charge in [-0.25, -0.2) is 4.39 Å². The number of hydrogen-bond donors (Lipinski definition) is 0. The maximum atomic E-state index is 12.7. The predicted molar refractivity (Wildman–Crippen MR) is 68.8 cm³/mol. The topological polar surface area (TPSA) is 52.4 Å². The van der Waals surface area contributed by atoms with Crippen LogP contribution in [0.25, 0.3) is 0 Å². The smallest absolute Gasteiger partial charge is 0.277 e. The van der Waals surface area contributed by atoms with Crippen molar-refractivity contribution in [3.05, 3.63) is 69.0 Å². The van der Waals surface area contributed by atoms with E-state index in [4.69, 9.17) is 16.3 Å². The van der Waals surface area contributed by atoms with Crippen LogP contribution in [0.2, 0.25) is 5.02 Å². The molecular formula is C13H9ClFNO3. The number of nitro benzene ring substituents is 1. The van der Waals surface area contributed by atoms with E-state index in [2.05, 4.69) is 0 Å². The van der Waals surface area contributed by atoms with Crippen LogP contribution in [0.4, 0.5) is 10.1 Å². The highest BCUT2D eigenvalue weighted by Crippen LogP contribution is 2.27. The fourth-order valence-electron chi connectivity index (χ4n) is 1.55. The van der Waals surface area contributed by atoms with Gasteiger partial charge in [-0.3, -0.25) is 10.1 Å². The lowest BCUT2D eigenvalue weighted by molar-refractivity contribution is -0.385. The van der Waals surface area contributed by atoms with Crippen LogP contribution in [-0.4, -0.2) is 4.92 Å². The van der Waals surface area contributed by atoms with Crippen molar-refractivity contribution >= 4 is 17.3 Å². The highest BCUT2D eigenvalue weighted by atomic mass is 35.5. The minimum absolute atomic E-state index is 0.0539. The number of nitro groups is 1. The predicted octanol–water partition coefficient (Wildman–Crippen LogP) is 3.97. The minimum Gasteiger partial charge on any atom is -0.489 e. The minimum atomic E-state index is -0.519. The fraction of sp³-hybridized carbons (Fsp3) is 0.0769. The average Bonchev–Trinajstić information content (AvgIpc) is 2.39. The molecule has 0 atom stereocenters. The van der Waals surface area contributed by atoms with E-state index < -0.39 is 4.92 Å². The van der Waals surface area contributed by atoms with Gasteiger partial charge in [0.25, 0.3) is 5.69 Å². The molecule has 0 bridgehead atoms. The van der Waals surface area contributed by atoms with E-state index in [-0.39, 0.29) is 23.1 Å². The van der Waals surface area contributed by atoms with Gasteiger partial charge in [0.15, 0.2) is 0 Å². The molecule has 0 spiro atoms. The third kappa shape index (κ3) is 3.20. The standard InChI is InChI=1S/C13H9ClFNO3/c14-12-2-1-3-13(16(17)18)11(12)8-19-10-6-4-9(15)5-7-10/h1-7H,8H2. The molecule has 0 radical (unpaired) electrons. The Morgan fingerprint density at radius 1 is 1.21 bits per heavy atom. The third-order valence-electron chi connectivity index (χ3n) is 2.49. The van der Waals surface area contributed by atoms with Gasteiger partial charge in [0.1, 0.15) is 18.2 Å². The van der Waals surface area contributed by atoms with Crippen molar-refractivity contribution in [2.45, 2.75) is 6.61 Å². The first-order chi connectivity index (χ1) is 9.08. The zero-order valence-corrected chi connectivity index (χ0v) is 10.4. The average molecular weight is 282 g/mol. The molecule has 0 N–H and O–H groups in total. The van der Waals surface area contributed by atoms with E-state index in [0.29, 0.717) is 11.3 Å². The van der Waals surface area contributed by atoms with Gasteiger partial charge in [-0.2, -0.15) is 0 Å². The van der Waals surface area contributed by atoms with E-state index in [1.165, 1.54) is 36.4 Å². The van der Waals surface area contributed by atoms with Gasteiger partial charge in [0, 0.05) is 6.07 Å². The van der Waals surface area contributed by atoms with Gasteiger partial charge >= 0.3 is 0 Å². The van der Waals surface area contributed by atoms with Crippen molar-refractivity contribution in [1.82, 2.24) is 0 Å². The van der Waals surface area contributed by atoms with Crippen LogP contribution in [0, 0.1) is 15.9 Å². The van der Waals surface area contributed by atoms with Crippen LogP contribution in [-0.2, 0) is 6.61 Å². The van der Waals surface area contributed by atoms with Crippen LogP contribution >= 0.6 is 11.6 Å². The molecule has 0 aliphatic heterocycles. The van der Waals surface area contributed by atoms with Crippen LogP contribution in [0.3, 0.4) is 0 Å². The molecule has 2 aromatic carbocycles. The van der Waals surface area contributed by atoms with Gasteiger partial charge in [-0.1, -0.05) is 17.7 Å². The van der Waals surface area contributed by atoms with Gasteiger partial charge in [-0.15, -0.1) is 0 Å².